The van der Waals surface area contributed by atoms with Gasteiger partial charge in [-0.2, -0.15) is 0 Å². The molecule has 9 heteroatoms. The predicted octanol–water partition coefficient (Wildman–Crippen LogP) is 0.318. The zero-order valence-corrected chi connectivity index (χ0v) is 11.9. The molecule has 0 saturated carbocycles. The van der Waals surface area contributed by atoms with Crippen LogP contribution in [0.25, 0.3) is 0 Å². The van der Waals surface area contributed by atoms with Crippen LogP contribution in [0.4, 0.5) is 0 Å². The minimum absolute atomic E-state index is 0.362. The van der Waals surface area contributed by atoms with Gasteiger partial charge in [-0.05, 0) is 10.4 Å². The first-order valence-electron chi connectivity index (χ1n) is 5.64. The van der Waals surface area contributed by atoms with E-state index in [1.54, 1.807) is 37.0 Å². The van der Waals surface area contributed by atoms with Gasteiger partial charge in [-0.25, -0.2) is 9.67 Å². The average Bonchev–Trinajstić information content (AvgIpc) is 3.02. The zero-order valence-electron chi connectivity index (χ0n) is 11.1. The third kappa shape index (κ3) is 3.52. The zero-order chi connectivity index (χ0) is 13.7. The van der Waals surface area contributed by atoms with Crippen molar-refractivity contribution in [2.75, 3.05) is 14.2 Å². The van der Waals surface area contributed by atoms with E-state index in [4.69, 9.17) is 9.47 Å². The lowest BCUT2D eigenvalue weighted by Gasteiger charge is -2.13. The Balaban J connectivity index is 1.98. The summed E-state index contributed by atoms with van der Waals surface area (Å²) in [5, 5.41) is 12.3. The Morgan fingerprint density at radius 1 is 1.37 bits per heavy atom. The maximum absolute atomic E-state index is 5.14. The molecule has 0 spiro atoms. The van der Waals surface area contributed by atoms with Crippen molar-refractivity contribution in [1.29, 1.82) is 0 Å². The monoisotopic (exact) mass is 284 g/mol. The van der Waals surface area contributed by atoms with Gasteiger partial charge in [0.1, 0.15) is 0 Å². The highest BCUT2D eigenvalue weighted by molar-refractivity contribution is 7.98. The van der Waals surface area contributed by atoms with Crippen molar-refractivity contribution in [3.05, 3.63) is 18.2 Å². The summed E-state index contributed by atoms with van der Waals surface area (Å²) in [6.45, 7) is 0.452. The fourth-order valence-corrected chi connectivity index (χ4v) is 2.37. The Kier molecular flexibility index (Phi) is 4.88. The third-order valence-electron chi connectivity index (χ3n) is 2.61. The number of tetrazole rings is 1. The van der Waals surface area contributed by atoms with Crippen molar-refractivity contribution in [3.8, 4) is 0 Å². The number of aryl methyl sites for hydroxylation is 1. The Bertz CT molecular complexity index is 510. The number of imidazole rings is 1. The highest BCUT2D eigenvalue weighted by atomic mass is 32.2. The van der Waals surface area contributed by atoms with Crippen LogP contribution in [0, 0.1) is 0 Å². The first kappa shape index (κ1) is 14.0. The quantitative estimate of drug-likeness (QED) is 0.535. The van der Waals surface area contributed by atoms with Gasteiger partial charge in [0.05, 0.1) is 12.9 Å². The predicted molar refractivity (Wildman–Crippen MR) is 68.4 cm³/mol. The van der Waals surface area contributed by atoms with E-state index in [1.165, 1.54) is 0 Å². The van der Waals surface area contributed by atoms with Crippen molar-refractivity contribution in [3.63, 3.8) is 0 Å². The summed E-state index contributed by atoms with van der Waals surface area (Å²) >= 11 is 1.54. The molecule has 0 amide bonds. The molecule has 0 fully saturated rings. The molecule has 2 aromatic heterocycles. The number of methoxy groups -OCH3 is 2. The molecule has 0 aliphatic carbocycles. The molecule has 2 aromatic rings. The summed E-state index contributed by atoms with van der Waals surface area (Å²) < 4.78 is 13.9. The maximum atomic E-state index is 5.14. The fraction of sp³-hybridized carbons (Fsp3) is 0.600. The molecule has 8 nitrogen and oxygen atoms in total. The molecule has 0 bridgehead atoms. The van der Waals surface area contributed by atoms with Crippen LogP contribution in [-0.4, -0.2) is 50.3 Å². The summed E-state index contributed by atoms with van der Waals surface area (Å²) in [5.41, 5.74) is 1.11. The van der Waals surface area contributed by atoms with Crippen LogP contribution < -0.4 is 0 Å². The van der Waals surface area contributed by atoms with Gasteiger partial charge in [-0.1, -0.05) is 11.8 Å². The molecule has 19 heavy (non-hydrogen) atoms. The highest BCUT2D eigenvalue weighted by Crippen LogP contribution is 2.19. The van der Waals surface area contributed by atoms with Crippen LogP contribution >= 0.6 is 11.8 Å². The van der Waals surface area contributed by atoms with Gasteiger partial charge in [0.2, 0.25) is 5.16 Å². The van der Waals surface area contributed by atoms with Crippen LogP contribution in [0.2, 0.25) is 0 Å². The van der Waals surface area contributed by atoms with E-state index in [-0.39, 0.29) is 6.29 Å². The maximum Gasteiger partial charge on any atom is 0.209 e. The molecule has 104 valence electrons. The highest BCUT2D eigenvalue weighted by Gasteiger charge is 2.13. The number of thioether (sulfide) groups is 1. The van der Waals surface area contributed by atoms with Crippen molar-refractivity contribution in [2.24, 2.45) is 7.05 Å². The van der Waals surface area contributed by atoms with Crippen LogP contribution in [-0.2, 0) is 28.8 Å². The van der Waals surface area contributed by atoms with E-state index >= 15 is 0 Å². The first-order valence-corrected chi connectivity index (χ1v) is 6.63. The summed E-state index contributed by atoms with van der Waals surface area (Å²) in [6, 6.07) is 0. The Labute approximate surface area is 115 Å². The van der Waals surface area contributed by atoms with E-state index in [9.17, 15) is 0 Å². The number of rotatable bonds is 7. The SMILES string of the molecule is COC(Cn1nnnc1SCc1cncn1C)OC. The van der Waals surface area contributed by atoms with Gasteiger partial charge >= 0.3 is 0 Å². The molecule has 0 aromatic carbocycles. The lowest BCUT2D eigenvalue weighted by Crippen LogP contribution is -2.21. The van der Waals surface area contributed by atoms with Gasteiger partial charge < -0.3 is 14.0 Å². The van der Waals surface area contributed by atoms with Gasteiger partial charge in [-0.15, -0.1) is 5.10 Å². The lowest BCUT2D eigenvalue weighted by atomic mass is 10.5. The van der Waals surface area contributed by atoms with E-state index in [0.29, 0.717) is 6.54 Å². The number of hydrogen-bond acceptors (Lipinski definition) is 7. The third-order valence-corrected chi connectivity index (χ3v) is 3.60. The van der Waals surface area contributed by atoms with Gasteiger partial charge in [-0.3, -0.25) is 0 Å². The summed E-state index contributed by atoms with van der Waals surface area (Å²) in [6.07, 6.45) is 3.23. The number of nitrogens with zero attached hydrogens (tertiary/aromatic N) is 6. The van der Waals surface area contributed by atoms with E-state index in [0.717, 1.165) is 16.6 Å². The van der Waals surface area contributed by atoms with E-state index in [2.05, 4.69) is 20.5 Å². The molecule has 0 saturated heterocycles. The first-order chi connectivity index (χ1) is 9.24. The van der Waals surface area contributed by atoms with Gasteiger partial charge in [0.25, 0.3) is 0 Å². The van der Waals surface area contributed by atoms with Crippen molar-refractivity contribution >= 4 is 11.8 Å². The second kappa shape index (κ2) is 6.64. The second-order valence-corrected chi connectivity index (χ2v) is 4.77. The summed E-state index contributed by atoms with van der Waals surface area (Å²) in [4.78, 5) is 4.07. The minimum Gasteiger partial charge on any atom is -0.354 e. The number of aromatic nitrogens is 6. The van der Waals surface area contributed by atoms with Crippen LogP contribution in [0.15, 0.2) is 17.7 Å². The molecule has 2 heterocycles. The van der Waals surface area contributed by atoms with Crippen LogP contribution in [0.3, 0.4) is 0 Å². The minimum atomic E-state index is -0.362. The van der Waals surface area contributed by atoms with Crippen LogP contribution in [0.1, 0.15) is 5.69 Å². The Morgan fingerprint density at radius 2 is 2.16 bits per heavy atom. The molecular formula is C10H16N6O2S. The van der Waals surface area contributed by atoms with E-state index < -0.39 is 0 Å². The van der Waals surface area contributed by atoms with Crippen molar-refractivity contribution in [2.45, 2.75) is 23.7 Å². The van der Waals surface area contributed by atoms with Crippen molar-refractivity contribution < 1.29 is 9.47 Å². The molecule has 0 N–H and O–H groups in total. The Hall–Kier alpha value is -1.45. The lowest BCUT2D eigenvalue weighted by molar-refractivity contribution is -0.113. The van der Waals surface area contributed by atoms with Crippen LogP contribution in [0.5, 0.6) is 0 Å². The van der Waals surface area contributed by atoms with E-state index in [1.807, 2.05) is 17.8 Å². The number of ether oxygens (including phenoxy) is 2. The smallest absolute Gasteiger partial charge is 0.209 e. The van der Waals surface area contributed by atoms with Gasteiger partial charge in [0.15, 0.2) is 6.29 Å². The molecule has 2 rings (SSSR count). The molecule has 0 atom stereocenters. The summed E-state index contributed by atoms with van der Waals surface area (Å²) in [7, 11) is 5.12. The fourth-order valence-electron chi connectivity index (χ4n) is 1.46. The molecule has 0 aliphatic heterocycles. The van der Waals surface area contributed by atoms with Crippen molar-refractivity contribution in [1.82, 2.24) is 29.8 Å². The largest absolute Gasteiger partial charge is 0.354 e. The molecule has 0 radical (unpaired) electrons. The summed E-state index contributed by atoms with van der Waals surface area (Å²) in [5.74, 6) is 0.751. The molecule has 0 unspecified atom stereocenters. The molecular weight excluding hydrogens is 268 g/mol. The standard InChI is InChI=1S/C10H16N6O2S/c1-15-7-11-4-8(15)6-19-10-12-13-14-16(10)5-9(17-2)18-3/h4,7,9H,5-6H2,1-3H3. The molecule has 0 aliphatic rings. The normalized spacial score (nSPS) is 11.4. The Morgan fingerprint density at radius 3 is 2.79 bits per heavy atom. The second-order valence-electron chi connectivity index (χ2n) is 3.83. The topological polar surface area (TPSA) is 79.9 Å². The average molecular weight is 284 g/mol. The van der Waals surface area contributed by atoms with Gasteiger partial charge in [0, 0.05) is 38.9 Å². The number of hydrogen-bond donors (Lipinski definition) is 0.